The van der Waals surface area contributed by atoms with E-state index >= 15 is 0 Å². The standard InChI is InChI=1S/C15H22N2O4S/c1-5-9-17(13(3)18)10-8-16-22(19,20)14-6-7-15(21-4)12(2)11-14/h5-7,11,16H,1,8-10H2,2-4H3. The van der Waals surface area contributed by atoms with Gasteiger partial charge >= 0.3 is 0 Å². The van der Waals surface area contributed by atoms with Gasteiger partial charge in [0.05, 0.1) is 12.0 Å². The number of methoxy groups -OCH3 is 1. The molecule has 0 atom stereocenters. The average Bonchev–Trinajstić information content (AvgIpc) is 2.46. The molecule has 0 spiro atoms. The Bertz CT molecular complexity index is 641. The zero-order valence-corrected chi connectivity index (χ0v) is 13.9. The van der Waals surface area contributed by atoms with Gasteiger partial charge in [0.1, 0.15) is 5.75 Å². The number of aryl methyl sites for hydroxylation is 1. The molecule has 1 N–H and O–H groups in total. The third-order valence-electron chi connectivity index (χ3n) is 3.15. The summed E-state index contributed by atoms with van der Waals surface area (Å²) in [5.74, 6) is 0.507. The van der Waals surface area contributed by atoms with E-state index in [0.29, 0.717) is 12.3 Å². The Labute approximate surface area is 131 Å². The van der Waals surface area contributed by atoms with Gasteiger partial charge in [-0.05, 0) is 30.7 Å². The number of nitrogens with one attached hydrogen (secondary N) is 1. The molecule has 1 rings (SSSR count). The molecule has 0 aliphatic rings. The third-order valence-corrected chi connectivity index (χ3v) is 4.60. The highest BCUT2D eigenvalue weighted by molar-refractivity contribution is 7.89. The SMILES string of the molecule is C=CCN(CCNS(=O)(=O)c1ccc(OC)c(C)c1)C(C)=O. The van der Waals surface area contributed by atoms with Crippen LogP contribution in [-0.2, 0) is 14.8 Å². The molecular formula is C15H22N2O4S. The highest BCUT2D eigenvalue weighted by Gasteiger charge is 2.16. The maximum absolute atomic E-state index is 12.2. The first-order valence-corrected chi connectivity index (χ1v) is 8.31. The van der Waals surface area contributed by atoms with Crippen molar-refractivity contribution in [2.45, 2.75) is 18.7 Å². The monoisotopic (exact) mass is 326 g/mol. The Morgan fingerprint density at radius 2 is 2.14 bits per heavy atom. The first-order chi connectivity index (χ1) is 10.3. The van der Waals surface area contributed by atoms with Gasteiger partial charge in [0.25, 0.3) is 0 Å². The van der Waals surface area contributed by atoms with Crippen LogP contribution >= 0.6 is 0 Å². The average molecular weight is 326 g/mol. The van der Waals surface area contributed by atoms with Gasteiger partial charge in [-0.1, -0.05) is 6.08 Å². The quantitative estimate of drug-likeness (QED) is 0.731. The fourth-order valence-corrected chi connectivity index (χ4v) is 3.06. The molecule has 0 radical (unpaired) electrons. The minimum Gasteiger partial charge on any atom is -0.496 e. The van der Waals surface area contributed by atoms with E-state index in [1.54, 1.807) is 25.1 Å². The highest BCUT2D eigenvalue weighted by Crippen LogP contribution is 2.21. The summed E-state index contributed by atoms with van der Waals surface area (Å²) in [6.45, 7) is 7.60. The number of sulfonamides is 1. The van der Waals surface area contributed by atoms with Gasteiger partial charge in [-0.2, -0.15) is 0 Å². The molecule has 0 unspecified atom stereocenters. The summed E-state index contributed by atoms with van der Waals surface area (Å²) in [6.07, 6.45) is 1.60. The maximum Gasteiger partial charge on any atom is 0.240 e. The lowest BCUT2D eigenvalue weighted by atomic mass is 10.2. The van der Waals surface area contributed by atoms with E-state index < -0.39 is 10.0 Å². The predicted molar refractivity (Wildman–Crippen MR) is 85.4 cm³/mol. The number of hydrogen-bond acceptors (Lipinski definition) is 4. The minimum atomic E-state index is -3.61. The normalized spacial score (nSPS) is 11.0. The number of benzene rings is 1. The largest absolute Gasteiger partial charge is 0.496 e. The van der Waals surface area contributed by atoms with Crippen LogP contribution in [0.2, 0.25) is 0 Å². The van der Waals surface area contributed by atoms with Crippen LogP contribution in [0.15, 0.2) is 35.7 Å². The number of rotatable bonds is 8. The van der Waals surface area contributed by atoms with Crippen LogP contribution < -0.4 is 9.46 Å². The van der Waals surface area contributed by atoms with E-state index in [4.69, 9.17) is 4.74 Å². The molecular weight excluding hydrogens is 304 g/mol. The zero-order chi connectivity index (χ0) is 16.8. The van der Waals surface area contributed by atoms with Gasteiger partial charge in [0, 0.05) is 26.6 Å². The molecule has 1 aromatic rings. The van der Waals surface area contributed by atoms with E-state index in [0.717, 1.165) is 5.56 Å². The molecule has 0 aromatic heterocycles. The lowest BCUT2D eigenvalue weighted by Crippen LogP contribution is -2.37. The summed E-state index contributed by atoms with van der Waals surface area (Å²) in [7, 11) is -2.08. The molecule has 0 bridgehead atoms. The Balaban J connectivity index is 2.73. The third kappa shape index (κ3) is 4.85. The molecule has 0 aliphatic heterocycles. The lowest BCUT2D eigenvalue weighted by Gasteiger charge is -2.19. The second-order valence-corrected chi connectivity index (χ2v) is 6.55. The second-order valence-electron chi connectivity index (χ2n) is 4.78. The summed E-state index contributed by atoms with van der Waals surface area (Å²) in [4.78, 5) is 13.0. The van der Waals surface area contributed by atoms with Gasteiger partial charge in [-0.15, -0.1) is 6.58 Å². The highest BCUT2D eigenvalue weighted by atomic mass is 32.2. The van der Waals surface area contributed by atoms with Crippen molar-refractivity contribution < 1.29 is 17.9 Å². The maximum atomic E-state index is 12.2. The van der Waals surface area contributed by atoms with Gasteiger partial charge in [-0.25, -0.2) is 13.1 Å². The number of carbonyl (C=O) groups is 1. The summed E-state index contributed by atoms with van der Waals surface area (Å²) in [6, 6.07) is 4.65. The zero-order valence-electron chi connectivity index (χ0n) is 13.1. The van der Waals surface area contributed by atoms with Crippen molar-refractivity contribution in [2.24, 2.45) is 0 Å². The summed E-state index contributed by atoms with van der Waals surface area (Å²) < 4.78 is 32.0. The summed E-state index contributed by atoms with van der Waals surface area (Å²) in [5.41, 5.74) is 0.738. The van der Waals surface area contributed by atoms with Crippen LogP contribution in [0, 0.1) is 6.92 Å². The van der Waals surface area contributed by atoms with Crippen LogP contribution in [0.25, 0.3) is 0 Å². The van der Waals surface area contributed by atoms with E-state index in [-0.39, 0.29) is 23.9 Å². The molecule has 0 saturated heterocycles. The van der Waals surface area contributed by atoms with Gasteiger partial charge in [0.2, 0.25) is 15.9 Å². The van der Waals surface area contributed by atoms with Crippen molar-refractivity contribution in [3.63, 3.8) is 0 Å². The molecule has 0 heterocycles. The molecule has 0 saturated carbocycles. The van der Waals surface area contributed by atoms with Crippen LogP contribution in [0.5, 0.6) is 5.75 Å². The molecule has 1 amide bonds. The molecule has 0 fully saturated rings. The van der Waals surface area contributed by atoms with Crippen LogP contribution in [0.3, 0.4) is 0 Å². The fraction of sp³-hybridized carbons (Fsp3) is 0.400. The summed E-state index contributed by atoms with van der Waals surface area (Å²) >= 11 is 0. The van der Waals surface area contributed by atoms with Crippen molar-refractivity contribution >= 4 is 15.9 Å². The number of nitrogens with zero attached hydrogens (tertiary/aromatic N) is 1. The van der Waals surface area contributed by atoms with Crippen molar-refractivity contribution in [3.05, 3.63) is 36.4 Å². The Kier molecular flexibility index (Phi) is 6.58. The molecule has 1 aromatic carbocycles. The number of hydrogen-bond donors (Lipinski definition) is 1. The van der Waals surface area contributed by atoms with E-state index in [1.165, 1.54) is 25.0 Å². The number of carbonyl (C=O) groups excluding carboxylic acids is 1. The van der Waals surface area contributed by atoms with Crippen molar-refractivity contribution in [1.29, 1.82) is 0 Å². The van der Waals surface area contributed by atoms with Crippen molar-refractivity contribution in [1.82, 2.24) is 9.62 Å². The Morgan fingerprint density at radius 1 is 1.45 bits per heavy atom. The smallest absolute Gasteiger partial charge is 0.240 e. The lowest BCUT2D eigenvalue weighted by molar-refractivity contribution is -0.128. The van der Waals surface area contributed by atoms with Gasteiger partial charge in [-0.3, -0.25) is 4.79 Å². The topological polar surface area (TPSA) is 75.7 Å². The number of amides is 1. The van der Waals surface area contributed by atoms with Crippen molar-refractivity contribution in [2.75, 3.05) is 26.7 Å². The van der Waals surface area contributed by atoms with E-state index in [9.17, 15) is 13.2 Å². The molecule has 7 heteroatoms. The van der Waals surface area contributed by atoms with E-state index in [2.05, 4.69) is 11.3 Å². The first-order valence-electron chi connectivity index (χ1n) is 6.82. The summed E-state index contributed by atoms with van der Waals surface area (Å²) in [5, 5.41) is 0. The molecule has 22 heavy (non-hydrogen) atoms. The van der Waals surface area contributed by atoms with Crippen LogP contribution in [0.1, 0.15) is 12.5 Å². The van der Waals surface area contributed by atoms with Gasteiger partial charge in [0.15, 0.2) is 0 Å². The van der Waals surface area contributed by atoms with E-state index in [1.807, 2.05) is 0 Å². The molecule has 0 aliphatic carbocycles. The van der Waals surface area contributed by atoms with Gasteiger partial charge < -0.3 is 9.64 Å². The van der Waals surface area contributed by atoms with Crippen molar-refractivity contribution in [3.8, 4) is 5.75 Å². The first kappa shape index (κ1) is 18.2. The minimum absolute atomic E-state index is 0.126. The Morgan fingerprint density at radius 3 is 2.64 bits per heavy atom. The molecule has 122 valence electrons. The van der Waals surface area contributed by atoms with Crippen LogP contribution in [0.4, 0.5) is 0 Å². The molecule has 6 nitrogen and oxygen atoms in total. The predicted octanol–water partition coefficient (Wildman–Crippen LogP) is 1.32. The number of ether oxygens (including phenoxy) is 1. The second kappa shape index (κ2) is 7.95. The van der Waals surface area contributed by atoms with Crippen LogP contribution in [-0.4, -0.2) is 46.0 Å². The fourth-order valence-electron chi connectivity index (χ4n) is 1.95. The Hall–Kier alpha value is -1.86.